The third-order valence-electron chi connectivity index (χ3n) is 7.60. The van der Waals surface area contributed by atoms with Crippen LogP contribution >= 0.6 is 0 Å². The Bertz CT molecular complexity index is 937. The zero-order chi connectivity index (χ0) is 35.0. The number of unbranched alkanes of at least 4 members (excludes halogenated alkanes) is 11. The number of aliphatic hydroxyl groups is 1. The van der Waals surface area contributed by atoms with Gasteiger partial charge in [0.25, 0.3) is 0 Å². The van der Waals surface area contributed by atoms with Gasteiger partial charge in [-0.2, -0.15) is 0 Å². The van der Waals surface area contributed by atoms with Crippen LogP contribution < -0.4 is 0 Å². The van der Waals surface area contributed by atoms with Crippen LogP contribution in [0.15, 0.2) is 85.1 Å². The van der Waals surface area contributed by atoms with Crippen LogP contribution in [0.3, 0.4) is 0 Å². The van der Waals surface area contributed by atoms with E-state index < -0.39 is 6.10 Å². The van der Waals surface area contributed by atoms with Gasteiger partial charge in [-0.05, 0) is 89.9 Å². The fourth-order valence-corrected chi connectivity index (χ4v) is 4.67. The topological polar surface area (TPSA) is 72.8 Å². The van der Waals surface area contributed by atoms with Crippen molar-refractivity contribution in [3.63, 3.8) is 0 Å². The third kappa shape index (κ3) is 37.5. The van der Waals surface area contributed by atoms with Gasteiger partial charge in [-0.1, -0.05) is 137 Å². The Labute approximate surface area is 295 Å². The first-order valence-corrected chi connectivity index (χ1v) is 19.1. The van der Waals surface area contributed by atoms with Crippen molar-refractivity contribution in [3.05, 3.63) is 85.1 Å². The number of aliphatic hydroxyl groups excluding tert-OH is 1. The van der Waals surface area contributed by atoms with E-state index in [-0.39, 0.29) is 25.2 Å². The van der Waals surface area contributed by atoms with Gasteiger partial charge in [0, 0.05) is 12.8 Å². The van der Waals surface area contributed by atoms with Gasteiger partial charge in [-0.15, -0.1) is 0 Å². The lowest BCUT2D eigenvalue weighted by atomic mass is 10.1. The summed E-state index contributed by atoms with van der Waals surface area (Å²) in [5, 5.41) is 9.99. The maximum absolute atomic E-state index is 12.0. The molecule has 1 N–H and O–H groups in total. The van der Waals surface area contributed by atoms with E-state index in [1.807, 2.05) is 0 Å². The fraction of sp³-hybridized carbons (Fsp3) is 0.628. The molecule has 0 aromatic carbocycles. The minimum atomic E-state index is -1.000. The summed E-state index contributed by atoms with van der Waals surface area (Å²) < 4.78 is 10.3. The van der Waals surface area contributed by atoms with E-state index in [1.165, 1.54) is 51.4 Å². The molecule has 0 aromatic rings. The van der Waals surface area contributed by atoms with Crippen molar-refractivity contribution < 1.29 is 24.2 Å². The van der Waals surface area contributed by atoms with E-state index in [0.717, 1.165) is 70.6 Å². The predicted octanol–water partition coefficient (Wildman–Crippen LogP) is 11.9. The van der Waals surface area contributed by atoms with Gasteiger partial charge in [0.05, 0.1) is 0 Å². The lowest BCUT2D eigenvalue weighted by Gasteiger charge is -2.12. The molecule has 272 valence electrons. The molecule has 0 bridgehead atoms. The largest absolute Gasteiger partial charge is 0.463 e. The van der Waals surface area contributed by atoms with E-state index in [2.05, 4.69) is 98.9 Å². The average molecular weight is 667 g/mol. The van der Waals surface area contributed by atoms with Gasteiger partial charge in [0.15, 0.2) is 0 Å². The molecule has 0 amide bonds. The zero-order valence-electron chi connectivity index (χ0n) is 30.7. The minimum absolute atomic E-state index is 0.150. The smallest absolute Gasteiger partial charge is 0.305 e. The van der Waals surface area contributed by atoms with Crippen molar-refractivity contribution in [2.75, 3.05) is 13.2 Å². The van der Waals surface area contributed by atoms with E-state index in [4.69, 9.17) is 9.47 Å². The highest BCUT2D eigenvalue weighted by molar-refractivity contribution is 5.69. The molecular formula is C43H70O5. The molecular weight excluding hydrogens is 596 g/mol. The van der Waals surface area contributed by atoms with E-state index in [1.54, 1.807) is 0 Å². The molecule has 0 radical (unpaired) electrons. The van der Waals surface area contributed by atoms with Gasteiger partial charge in [0.2, 0.25) is 0 Å². The van der Waals surface area contributed by atoms with E-state index in [9.17, 15) is 14.7 Å². The van der Waals surface area contributed by atoms with Crippen LogP contribution in [0.1, 0.15) is 155 Å². The summed E-state index contributed by atoms with van der Waals surface area (Å²) in [6, 6.07) is 0. The Balaban J connectivity index is 3.62. The summed E-state index contributed by atoms with van der Waals surface area (Å²) in [6.45, 7) is 4.16. The van der Waals surface area contributed by atoms with Crippen molar-refractivity contribution >= 4 is 11.9 Å². The monoisotopic (exact) mass is 667 g/mol. The maximum Gasteiger partial charge on any atom is 0.305 e. The van der Waals surface area contributed by atoms with Crippen LogP contribution in [0.25, 0.3) is 0 Å². The lowest BCUT2D eigenvalue weighted by Crippen LogP contribution is -2.25. The molecule has 0 saturated carbocycles. The molecule has 0 aliphatic heterocycles. The Morgan fingerprint density at radius 3 is 1.15 bits per heavy atom. The number of hydrogen-bond acceptors (Lipinski definition) is 5. The molecule has 0 spiro atoms. The molecule has 0 aliphatic carbocycles. The summed E-state index contributed by atoms with van der Waals surface area (Å²) in [6.07, 6.45) is 52.0. The van der Waals surface area contributed by atoms with E-state index >= 15 is 0 Å². The quantitative estimate of drug-likeness (QED) is 0.0429. The second kappa shape index (κ2) is 38.5. The molecule has 48 heavy (non-hydrogen) atoms. The van der Waals surface area contributed by atoms with Crippen LogP contribution in [-0.2, 0) is 19.1 Å². The average Bonchev–Trinajstić information content (AvgIpc) is 3.09. The first kappa shape index (κ1) is 45.1. The van der Waals surface area contributed by atoms with Crippen molar-refractivity contribution in [1.29, 1.82) is 0 Å². The van der Waals surface area contributed by atoms with Crippen LogP contribution in [0.4, 0.5) is 0 Å². The van der Waals surface area contributed by atoms with Gasteiger partial charge < -0.3 is 14.6 Å². The summed E-state index contributed by atoms with van der Waals surface area (Å²) in [4.78, 5) is 23.9. The minimum Gasteiger partial charge on any atom is -0.463 e. The van der Waals surface area contributed by atoms with Crippen LogP contribution in [0.5, 0.6) is 0 Å². The molecule has 1 atom stereocenters. The van der Waals surface area contributed by atoms with Gasteiger partial charge in [-0.3, -0.25) is 9.59 Å². The van der Waals surface area contributed by atoms with Crippen molar-refractivity contribution in [2.24, 2.45) is 0 Å². The molecule has 5 heteroatoms. The van der Waals surface area contributed by atoms with Crippen molar-refractivity contribution in [1.82, 2.24) is 0 Å². The highest BCUT2D eigenvalue weighted by atomic mass is 16.6. The molecule has 0 rings (SSSR count). The zero-order valence-corrected chi connectivity index (χ0v) is 30.7. The molecule has 0 aliphatic rings. The second-order valence-electron chi connectivity index (χ2n) is 12.3. The fourth-order valence-electron chi connectivity index (χ4n) is 4.67. The second-order valence-corrected chi connectivity index (χ2v) is 12.3. The summed E-state index contributed by atoms with van der Waals surface area (Å²) in [5.74, 6) is -0.662. The van der Waals surface area contributed by atoms with Gasteiger partial charge in [0.1, 0.15) is 19.3 Å². The molecule has 0 fully saturated rings. The summed E-state index contributed by atoms with van der Waals surface area (Å²) in [5.41, 5.74) is 0. The molecule has 0 heterocycles. The number of rotatable bonds is 33. The van der Waals surface area contributed by atoms with Crippen molar-refractivity contribution in [2.45, 2.75) is 161 Å². The van der Waals surface area contributed by atoms with Gasteiger partial charge >= 0.3 is 11.9 Å². The SMILES string of the molecule is CCCCC/C=C\C/C=C\C/C=C\C/C=C\CCCC(=O)OC[C@H](O)COC(=O)CCCCCC/C=C\C/C=C\C/C=C\CCCCC. The predicted molar refractivity (Wildman–Crippen MR) is 205 cm³/mol. The number of carbonyl (C=O) groups excluding carboxylic acids is 2. The Morgan fingerprint density at radius 1 is 0.438 bits per heavy atom. The number of allylic oxidation sites excluding steroid dienone is 14. The molecule has 0 saturated heterocycles. The van der Waals surface area contributed by atoms with Crippen molar-refractivity contribution in [3.8, 4) is 0 Å². The number of carbonyl (C=O) groups is 2. The normalized spacial score (nSPS) is 13.1. The van der Waals surface area contributed by atoms with Crippen LogP contribution in [0.2, 0.25) is 0 Å². The lowest BCUT2D eigenvalue weighted by molar-refractivity contribution is -0.152. The Morgan fingerprint density at radius 2 is 0.750 bits per heavy atom. The maximum atomic E-state index is 12.0. The first-order chi connectivity index (χ1) is 23.6. The number of hydrogen-bond donors (Lipinski definition) is 1. The van der Waals surface area contributed by atoms with E-state index in [0.29, 0.717) is 19.3 Å². The summed E-state index contributed by atoms with van der Waals surface area (Å²) in [7, 11) is 0. The van der Waals surface area contributed by atoms with Gasteiger partial charge in [-0.25, -0.2) is 0 Å². The first-order valence-electron chi connectivity index (χ1n) is 19.1. The Kier molecular flexibility index (Phi) is 36.2. The molecule has 0 aromatic heterocycles. The van der Waals surface area contributed by atoms with Crippen LogP contribution in [0, 0.1) is 0 Å². The van der Waals surface area contributed by atoms with Crippen LogP contribution in [-0.4, -0.2) is 36.4 Å². The standard InChI is InChI=1S/C43H70O5/c1-3-5-7-9-11-13-15-17-19-21-23-25-27-29-31-33-35-37-42(45)47-39-41(44)40-48-43(46)38-36-34-32-30-28-26-24-22-20-18-16-14-12-10-8-6-4-2/h11-14,17-20,23-26,29,31,41,44H,3-10,15-16,21-22,27-28,30,32-40H2,1-2H3/b13-11-,14-12-,19-17-,20-18-,25-23-,26-24-,31-29-/t41-/m0/s1. The highest BCUT2D eigenvalue weighted by Crippen LogP contribution is 2.08. The molecule has 5 nitrogen and oxygen atoms in total. The highest BCUT2D eigenvalue weighted by Gasteiger charge is 2.11. The molecule has 0 unspecified atom stereocenters. The summed E-state index contributed by atoms with van der Waals surface area (Å²) >= 11 is 0. The third-order valence-corrected chi connectivity index (χ3v) is 7.60. The number of esters is 2. The Hall–Kier alpha value is -2.92. The number of ether oxygens (including phenoxy) is 2.